The van der Waals surface area contributed by atoms with Crippen molar-refractivity contribution < 1.29 is 9.90 Å². The molecule has 17 heavy (non-hydrogen) atoms. The van der Waals surface area contributed by atoms with Crippen LogP contribution >= 0.6 is 0 Å². The van der Waals surface area contributed by atoms with Crippen molar-refractivity contribution in [3.05, 3.63) is 0 Å². The third kappa shape index (κ3) is 7.21. The summed E-state index contributed by atoms with van der Waals surface area (Å²) in [5.41, 5.74) is -0.804. The van der Waals surface area contributed by atoms with Gasteiger partial charge in [-0.15, -0.1) is 0 Å². The van der Waals surface area contributed by atoms with Crippen molar-refractivity contribution in [1.82, 2.24) is 10.6 Å². The predicted molar refractivity (Wildman–Crippen MR) is 68.8 cm³/mol. The Morgan fingerprint density at radius 1 is 1.41 bits per heavy atom. The van der Waals surface area contributed by atoms with Gasteiger partial charge in [-0.25, -0.2) is 4.79 Å². The van der Waals surface area contributed by atoms with E-state index >= 15 is 0 Å². The summed E-state index contributed by atoms with van der Waals surface area (Å²) in [4.78, 5) is 11.4. The normalized spacial score (nSPS) is 18.9. The van der Waals surface area contributed by atoms with E-state index in [1.807, 2.05) is 0 Å². The number of hydrogen-bond donors (Lipinski definition) is 3. The molecule has 1 aliphatic rings. The van der Waals surface area contributed by atoms with Crippen molar-refractivity contribution >= 4 is 6.03 Å². The highest BCUT2D eigenvalue weighted by molar-refractivity contribution is 5.73. The zero-order chi connectivity index (χ0) is 12.9. The van der Waals surface area contributed by atoms with E-state index in [0.29, 0.717) is 24.8 Å². The average Bonchev–Trinajstić information content (AvgIpc) is 3.05. The van der Waals surface area contributed by atoms with Gasteiger partial charge in [0.05, 0.1) is 5.60 Å². The van der Waals surface area contributed by atoms with Crippen molar-refractivity contribution in [3.63, 3.8) is 0 Å². The molecule has 1 saturated carbocycles. The van der Waals surface area contributed by atoms with Gasteiger partial charge in [0.2, 0.25) is 0 Å². The van der Waals surface area contributed by atoms with E-state index in [1.165, 1.54) is 12.8 Å². The quantitative estimate of drug-likeness (QED) is 0.638. The predicted octanol–water partition coefficient (Wildman–Crippen LogP) is 1.88. The van der Waals surface area contributed by atoms with E-state index in [-0.39, 0.29) is 6.03 Å². The Kier molecular flexibility index (Phi) is 5.25. The summed E-state index contributed by atoms with van der Waals surface area (Å²) < 4.78 is 0. The van der Waals surface area contributed by atoms with Gasteiger partial charge in [0.1, 0.15) is 0 Å². The van der Waals surface area contributed by atoms with Crippen molar-refractivity contribution in [2.24, 2.45) is 11.8 Å². The van der Waals surface area contributed by atoms with Crippen LogP contribution in [0.2, 0.25) is 0 Å². The topological polar surface area (TPSA) is 61.4 Å². The van der Waals surface area contributed by atoms with E-state index in [1.54, 1.807) is 6.92 Å². The highest BCUT2D eigenvalue weighted by atomic mass is 16.3. The fourth-order valence-electron chi connectivity index (χ4n) is 1.58. The molecule has 0 aliphatic heterocycles. The van der Waals surface area contributed by atoms with Crippen molar-refractivity contribution in [3.8, 4) is 0 Å². The number of aliphatic hydroxyl groups is 1. The summed E-state index contributed by atoms with van der Waals surface area (Å²) in [6.07, 6.45) is 4.14. The summed E-state index contributed by atoms with van der Waals surface area (Å²) in [7, 11) is 0. The van der Waals surface area contributed by atoms with Gasteiger partial charge in [0, 0.05) is 13.1 Å². The summed E-state index contributed by atoms with van der Waals surface area (Å²) in [5.74, 6) is 1.26. The molecule has 4 heteroatoms. The fraction of sp³-hybridized carbons (Fsp3) is 0.923. The molecule has 1 unspecified atom stereocenters. The van der Waals surface area contributed by atoms with E-state index in [4.69, 9.17) is 0 Å². The van der Waals surface area contributed by atoms with Crippen LogP contribution in [0.5, 0.6) is 0 Å². The van der Waals surface area contributed by atoms with Gasteiger partial charge in [0.15, 0.2) is 0 Å². The Bertz CT molecular complexity index is 248. The highest BCUT2D eigenvalue weighted by Gasteiger charge is 2.23. The van der Waals surface area contributed by atoms with Crippen LogP contribution < -0.4 is 10.6 Å². The maximum atomic E-state index is 11.4. The smallest absolute Gasteiger partial charge is 0.314 e. The first kappa shape index (κ1) is 14.3. The first-order valence-electron chi connectivity index (χ1n) is 6.63. The molecule has 1 aliphatic carbocycles. The molecule has 0 spiro atoms. The maximum Gasteiger partial charge on any atom is 0.314 e. The Labute approximate surface area is 104 Å². The maximum absolute atomic E-state index is 11.4. The molecule has 4 nitrogen and oxygen atoms in total. The summed E-state index contributed by atoms with van der Waals surface area (Å²) in [6.45, 7) is 7.12. The molecule has 0 heterocycles. The largest absolute Gasteiger partial charge is 0.388 e. The molecule has 0 aromatic heterocycles. The minimum atomic E-state index is -0.804. The summed E-state index contributed by atoms with van der Waals surface area (Å²) in [6, 6.07) is -0.165. The molecule has 1 atom stereocenters. The SMILES string of the molecule is CC(C)CCC(C)(O)CNC(=O)NCC1CC1. The van der Waals surface area contributed by atoms with E-state index < -0.39 is 5.60 Å². The van der Waals surface area contributed by atoms with Gasteiger partial charge in [0.25, 0.3) is 0 Å². The Balaban J connectivity index is 2.11. The third-order valence-corrected chi connectivity index (χ3v) is 3.14. The van der Waals surface area contributed by atoms with Gasteiger partial charge >= 0.3 is 6.03 Å². The lowest BCUT2D eigenvalue weighted by Crippen LogP contribution is -2.45. The Morgan fingerprint density at radius 3 is 2.59 bits per heavy atom. The van der Waals surface area contributed by atoms with Crippen molar-refractivity contribution in [1.29, 1.82) is 0 Å². The van der Waals surface area contributed by atoms with Crippen LogP contribution in [-0.4, -0.2) is 29.8 Å². The lowest BCUT2D eigenvalue weighted by atomic mass is 9.95. The summed E-state index contributed by atoms with van der Waals surface area (Å²) >= 11 is 0. The standard InChI is InChI=1S/C13H26N2O2/c1-10(2)6-7-13(3,17)9-15-12(16)14-8-11-4-5-11/h10-11,17H,4-9H2,1-3H3,(H2,14,15,16). The second kappa shape index (κ2) is 6.24. The van der Waals surface area contributed by atoms with E-state index in [2.05, 4.69) is 24.5 Å². The molecule has 2 amide bonds. The first-order valence-corrected chi connectivity index (χ1v) is 6.63. The van der Waals surface area contributed by atoms with Crippen LogP contribution in [0.15, 0.2) is 0 Å². The van der Waals surface area contributed by atoms with Gasteiger partial charge in [-0.05, 0) is 44.4 Å². The van der Waals surface area contributed by atoms with E-state index in [9.17, 15) is 9.90 Å². The summed E-state index contributed by atoms with van der Waals surface area (Å²) in [5, 5.41) is 15.6. The number of nitrogens with one attached hydrogen (secondary N) is 2. The molecule has 0 saturated heterocycles. The number of urea groups is 1. The number of amides is 2. The lowest BCUT2D eigenvalue weighted by Gasteiger charge is -2.24. The van der Waals surface area contributed by atoms with Crippen molar-refractivity contribution in [2.45, 2.75) is 52.1 Å². The fourth-order valence-corrected chi connectivity index (χ4v) is 1.58. The molecule has 1 fully saturated rings. The minimum Gasteiger partial charge on any atom is -0.388 e. The van der Waals surface area contributed by atoms with Gasteiger partial charge in [-0.1, -0.05) is 13.8 Å². The number of rotatable bonds is 7. The van der Waals surface area contributed by atoms with Gasteiger partial charge in [-0.3, -0.25) is 0 Å². The molecule has 100 valence electrons. The monoisotopic (exact) mass is 242 g/mol. The van der Waals surface area contributed by atoms with Crippen LogP contribution in [-0.2, 0) is 0 Å². The number of hydrogen-bond acceptors (Lipinski definition) is 2. The van der Waals surface area contributed by atoms with Crippen LogP contribution in [0.1, 0.15) is 46.5 Å². The molecule has 3 N–H and O–H groups in total. The zero-order valence-corrected chi connectivity index (χ0v) is 11.3. The first-order chi connectivity index (χ1) is 7.89. The van der Waals surface area contributed by atoms with Gasteiger partial charge < -0.3 is 15.7 Å². The Morgan fingerprint density at radius 2 is 2.06 bits per heavy atom. The van der Waals surface area contributed by atoms with E-state index in [0.717, 1.165) is 13.0 Å². The molecule has 1 rings (SSSR count). The molecular weight excluding hydrogens is 216 g/mol. The average molecular weight is 242 g/mol. The number of carbonyl (C=O) groups is 1. The second-order valence-electron chi connectivity index (χ2n) is 5.94. The second-order valence-corrected chi connectivity index (χ2v) is 5.94. The van der Waals surface area contributed by atoms with Crippen LogP contribution in [0.3, 0.4) is 0 Å². The van der Waals surface area contributed by atoms with Crippen LogP contribution in [0, 0.1) is 11.8 Å². The molecule has 0 aromatic rings. The molecular formula is C13H26N2O2. The third-order valence-electron chi connectivity index (χ3n) is 3.14. The van der Waals surface area contributed by atoms with Crippen LogP contribution in [0.4, 0.5) is 4.79 Å². The highest BCUT2D eigenvalue weighted by Crippen LogP contribution is 2.27. The van der Waals surface area contributed by atoms with Crippen molar-refractivity contribution in [2.75, 3.05) is 13.1 Å². The molecule has 0 bridgehead atoms. The molecule has 0 radical (unpaired) electrons. The lowest BCUT2D eigenvalue weighted by molar-refractivity contribution is 0.0477. The van der Waals surface area contributed by atoms with Gasteiger partial charge in [-0.2, -0.15) is 0 Å². The minimum absolute atomic E-state index is 0.165. The zero-order valence-electron chi connectivity index (χ0n) is 11.3. The Hall–Kier alpha value is -0.770. The molecule has 0 aromatic carbocycles. The number of carbonyl (C=O) groups excluding carboxylic acids is 1. The van der Waals surface area contributed by atoms with Crippen LogP contribution in [0.25, 0.3) is 0 Å².